The van der Waals surface area contributed by atoms with E-state index in [2.05, 4.69) is 16.0 Å². The van der Waals surface area contributed by atoms with Crippen LogP contribution in [0.3, 0.4) is 0 Å². The molecule has 1 atom stereocenters. The first kappa shape index (κ1) is 11.2. The highest BCUT2D eigenvalue weighted by Crippen LogP contribution is 2.18. The Morgan fingerprint density at radius 1 is 1.67 bits per heavy atom. The van der Waals surface area contributed by atoms with E-state index in [1.165, 1.54) is 6.33 Å². The van der Waals surface area contributed by atoms with Crippen LogP contribution in [0.15, 0.2) is 12.5 Å². The topological polar surface area (TPSA) is 78.8 Å². The van der Waals surface area contributed by atoms with Gasteiger partial charge in [0.25, 0.3) is 0 Å². The SMILES string of the molecule is CCN(CC(C)C#N)c1ncncc1N. The van der Waals surface area contributed by atoms with Crippen LogP contribution in [-0.2, 0) is 0 Å². The molecule has 0 radical (unpaired) electrons. The minimum atomic E-state index is -0.0423. The van der Waals surface area contributed by atoms with Crippen molar-refractivity contribution in [3.8, 4) is 6.07 Å². The van der Waals surface area contributed by atoms with Crippen molar-refractivity contribution in [2.75, 3.05) is 23.7 Å². The number of anilines is 2. The molecule has 5 heteroatoms. The predicted molar refractivity (Wildman–Crippen MR) is 59.1 cm³/mol. The van der Waals surface area contributed by atoms with Gasteiger partial charge in [-0.25, -0.2) is 9.97 Å². The zero-order valence-electron chi connectivity index (χ0n) is 9.01. The van der Waals surface area contributed by atoms with E-state index in [1.807, 2.05) is 18.7 Å². The summed E-state index contributed by atoms with van der Waals surface area (Å²) in [7, 11) is 0. The maximum atomic E-state index is 8.75. The maximum Gasteiger partial charge on any atom is 0.155 e. The predicted octanol–water partition coefficient (Wildman–Crippen LogP) is 1.04. The number of nitriles is 1. The molecule has 5 nitrogen and oxygen atoms in total. The molecule has 15 heavy (non-hydrogen) atoms. The number of aromatic nitrogens is 2. The minimum Gasteiger partial charge on any atom is -0.394 e. The second-order valence-electron chi connectivity index (χ2n) is 3.37. The van der Waals surface area contributed by atoms with Gasteiger partial charge < -0.3 is 10.6 Å². The van der Waals surface area contributed by atoms with Gasteiger partial charge in [-0.3, -0.25) is 0 Å². The van der Waals surface area contributed by atoms with Crippen LogP contribution >= 0.6 is 0 Å². The summed E-state index contributed by atoms with van der Waals surface area (Å²) in [6, 6.07) is 2.19. The fourth-order valence-electron chi connectivity index (χ4n) is 1.33. The highest BCUT2D eigenvalue weighted by molar-refractivity contribution is 5.60. The Balaban J connectivity index is 2.84. The van der Waals surface area contributed by atoms with Crippen LogP contribution in [0.25, 0.3) is 0 Å². The van der Waals surface area contributed by atoms with Crippen molar-refractivity contribution < 1.29 is 0 Å². The summed E-state index contributed by atoms with van der Waals surface area (Å²) < 4.78 is 0. The van der Waals surface area contributed by atoms with Gasteiger partial charge in [0, 0.05) is 13.1 Å². The molecule has 1 aromatic heterocycles. The lowest BCUT2D eigenvalue weighted by atomic mass is 10.2. The highest BCUT2D eigenvalue weighted by Gasteiger charge is 2.12. The van der Waals surface area contributed by atoms with Gasteiger partial charge in [-0.2, -0.15) is 5.26 Å². The lowest BCUT2D eigenvalue weighted by molar-refractivity contribution is 0.679. The first-order valence-electron chi connectivity index (χ1n) is 4.89. The normalized spacial score (nSPS) is 11.8. The lowest BCUT2D eigenvalue weighted by Crippen LogP contribution is -2.29. The molecule has 0 bridgehead atoms. The van der Waals surface area contributed by atoms with Crippen LogP contribution in [-0.4, -0.2) is 23.1 Å². The van der Waals surface area contributed by atoms with Crippen molar-refractivity contribution in [1.29, 1.82) is 5.26 Å². The Morgan fingerprint density at radius 3 is 2.93 bits per heavy atom. The van der Waals surface area contributed by atoms with E-state index in [0.29, 0.717) is 18.1 Å². The molecule has 0 saturated carbocycles. The molecule has 1 rings (SSSR count). The van der Waals surface area contributed by atoms with Crippen LogP contribution < -0.4 is 10.6 Å². The van der Waals surface area contributed by atoms with Crippen molar-refractivity contribution in [1.82, 2.24) is 9.97 Å². The standard InChI is InChI=1S/C10H15N5/c1-3-15(6-8(2)4-11)10-9(12)5-13-7-14-10/h5,7-8H,3,6,12H2,1-2H3. The highest BCUT2D eigenvalue weighted by atomic mass is 15.2. The smallest absolute Gasteiger partial charge is 0.155 e. The molecule has 1 unspecified atom stereocenters. The van der Waals surface area contributed by atoms with Crippen molar-refractivity contribution in [3.63, 3.8) is 0 Å². The van der Waals surface area contributed by atoms with E-state index >= 15 is 0 Å². The Labute approximate surface area is 89.6 Å². The van der Waals surface area contributed by atoms with E-state index in [-0.39, 0.29) is 5.92 Å². The molecule has 0 spiro atoms. The van der Waals surface area contributed by atoms with Gasteiger partial charge >= 0.3 is 0 Å². The second-order valence-corrected chi connectivity index (χ2v) is 3.37. The van der Waals surface area contributed by atoms with Crippen molar-refractivity contribution in [2.45, 2.75) is 13.8 Å². The van der Waals surface area contributed by atoms with Crippen molar-refractivity contribution in [2.24, 2.45) is 5.92 Å². The van der Waals surface area contributed by atoms with Crippen LogP contribution in [0, 0.1) is 17.2 Å². The number of hydrogen-bond acceptors (Lipinski definition) is 5. The Morgan fingerprint density at radius 2 is 2.40 bits per heavy atom. The molecule has 0 saturated heterocycles. The summed E-state index contributed by atoms with van der Waals surface area (Å²) >= 11 is 0. The maximum absolute atomic E-state index is 8.75. The zero-order chi connectivity index (χ0) is 11.3. The lowest BCUT2D eigenvalue weighted by Gasteiger charge is -2.23. The minimum absolute atomic E-state index is 0.0423. The summed E-state index contributed by atoms with van der Waals surface area (Å²) in [5.74, 6) is 0.661. The molecule has 0 fully saturated rings. The molecule has 80 valence electrons. The second kappa shape index (κ2) is 5.15. The number of rotatable bonds is 4. The van der Waals surface area contributed by atoms with E-state index in [9.17, 15) is 0 Å². The summed E-state index contributed by atoms with van der Waals surface area (Å²) in [4.78, 5) is 9.93. The largest absolute Gasteiger partial charge is 0.394 e. The van der Waals surface area contributed by atoms with E-state index in [1.54, 1.807) is 6.20 Å². The zero-order valence-corrected chi connectivity index (χ0v) is 9.01. The summed E-state index contributed by atoms with van der Waals surface area (Å²) in [6.07, 6.45) is 3.04. The number of hydrogen-bond donors (Lipinski definition) is 1. The van der Waals surface area contributed by atoms with Crippen LogP contribution in [0.5, 0.6) is 0 Å². The third-order valence-corrected chi connectivity index (χ3v) is 2.11. The molecule has 0 amide bonds. The summed E-state index contributed by atoms with van der Waals surface area (Å²) in [6.45, 7) is 5.28. The van der Waals surface area contributed by atoms with Crippen molar-refractivity contribution in [3.05, 3.63) is 12.5 Å². The molecular formula is C10H15N5. The van der Waals surface area contributed by atoms with Gasteiger partial charge in [-0.15, -0.1) is 0 Å². The number of nitrogen functional groups attached to an aromatic ring is 1. The van der Waals surface area contributed by atoms with E-state index in [4.69, 9.17) is 11.0 Å². The Kier molecular flexibility index (Phi) is 3.86. The van der Waals surface area contributed by atoms with Gasteiger partial charge in [0.1, 0.15) is 6.33 Å². The van der Waals surface area contributed by atoms with Crippen LogP contribution in [0.4, 0.5) is 11.5 Å². The third-order valence-electron chi connectivity index (χ3n) is 2.11. The fourth-order valence-corrected chi connectivity index (χ4v) is 1.33. The van der Waals surface area contributed by atoms with Gasteiger partial charge in [0.05, 0.1) is 23.9 Å². The first-order chi connectivity index (χ1) is 7.19. The van der Waals surface area contributed by atoms with E-state index in [0.717, 1.165) is 6.54 Å². The number of nitrogens with two attached hydrogens (primary N) is 1. The Bertz CT molecular complexity index is 357. The average molecular weight is 205 g/mol. The average Bonchev–Trinajstić information content (AvgIpc) is 2.26. The Hall–Kier alpha value is -1.83. The summed E-state index contributed by atoms with van der Waals surface area (Å²) in [5.41, 5.74) is 6.31. The molecule has 0 aliphatic rings. The third kappa shape index (κ3) is 2.81. The molecular weight excluding hydrogens is 190 g/mol. The van der Waals surface area contributed by atoms with Crippen LogP contribution in [0.1, 0.15) is 13.8 Å². The van der Waals surface area contributed by atoms with Gasteiger partial charge in [0.15, 0.2) is 5.82 Å². The number of nitrogens with zero attached hydrogens (tertiary/aromatic N) is 4. The summed E-state index contributed by atoms with van der Waals surface area (Å²) in [5, 5.41) is 8.75. The monoisotopic (exact) mass is 205 g/mol. The molecule has 0 aromatic carbocycles. The molecule has 0 aliphatic heterocycles. The fraction of sp³-hybridized carbons (Fsp3) is 0.500. The van der Waals surface area contributed by atoms with Crippen molar-refractivity contribution >= 4 is 11.5 Å². The molecule has 0 aliphatic carbocycles. The first-order valence-corrected chi connectivity index (χ1v) is 4.89. The quantitative estimate of drug-likeness (QED) is 0.794. The van der Waals surface area contributed by atoms with Crippen LogP contribution in [0.2, 0.25) is 0 Å². The van der Waals surface area contributed by atoms with Gasteiger partial charge in [-0.05, 0) is 13.8 Å². The molecule has 1 aromatic rings. The molecule has 2 N–H and O–H groups in total. The van der Waals surface area contributed by atoms with E-state index < -0.39 is 0 Å². The molecule has 1 heterocycles. The van der Waals surface area contributed by atoms with Gasteiger partial charge in [-0.1, -0.05) is 0 Å². The van der Waals surface area contributed by atoms with Gasteiger partial charge in [0.2, 0.25) is 0 Å².